The minimum atomic E-state index is -0.718. The summed E-state index contributed by atoms with van der Waals surface area (Å²) in [5.41, 5.74) is 3.22. The second-order valence-electron chi connectivity index (χ2n) is 10.7. The zero-order valence-corrected chi connectivity index (χ0v) is 24.5. The summed E-state index contributed by atoms with van der Waals surface area (Å²) in [5.74, 6) is 4.47. The molecule has 216 valence electrons. The molecule has 4 aromatic rings. The van der Waals surface area contributed by atoms with E-state index < -0.39 is 11.7 Å². The Morgan fingerprint density at radius 1 is 1.02 bits per heavy atom. The van der Waals surface area contributed by atoms with E-state index in [1.165, 1.54) is 40.0 Å². The van der Waals surface area contributed by atoms with Gasteiger partial charge >= 0.3 is 0 Å². The molecule has 0 spiro atoms. The molecule has 2 amide bonds. The number of hydrogen-bond acceptors (Lipinski definition) is 5. The second kappa shape index (κ2) is 12.2. The maximum atomic E-state index is 13.9. The Balaban J connectivity index is 1.42. The average molecular weight is 584 g/mol. The average Bonchev–Trinajstić information content (AvgIpc) is 3.32. The lowest BCUT2D eigenvalue weighted by Gasteiger charge is -2.43. The number of nitrogens with zero attached hydrogens (tertiary/aromatic N) is 4. The number of amides is 2. The largest absolute Gasteiger partial charge is 0.339 e. The molecule has 1 aliphatic heterocycles. The Bertz CT molecular complexity index is 1600. The molecule has 0 unspecified atom stereocenters. The highest BCUT2D eigenvalue weighted by Crippen LogP contribution is 2.33. The molecule has 3 aromatic carbocycles. The minimum absolute atomic E-state index is 0.0571. The number of nitrogen functional groups attached to an aromatic ring is 1. The molecule has 1 saturated heterocycles. The first-order valence-corrected chi connectivity index (χ1v) is 14.2. The molecule has 0 saturated carbocycles. The zero-order valence-electron chi connectivity index (χ0n) is 23.7. The van der Waals surface area contributed by atoms with Crippen LogP contribution in [0.2, 0.25) is 5.02 Å². The van der Waals surface area contributed by atoms with Gasteiger partial charge in [0.05, 0.1) is 27.7 Å². The van der Waals surface area contributed by atoms with Crippen molar-refractivity contribution in [1.29, 1.82) is 0 Å². The third kappa shape index (κ3) is 5.55. The highest BCUT2D eigenvalue weighted by Gasteiger charge is 2.34. The van der Waals surface area contributed by atoms with E-state index in [2.05, 4.69) is 35.7 Å². The lowest BCUT2D eigenvalue weighted by atomic mass is 9.95. The van der Waals surface area contributed by atoms with Crippen LogP contribution >= 0.6 is 11.6 Å². The van der Waals surface area contributed by atoms with Crippen molar-refractivity contribution in [3.8, 4) is 0 Å². The third-order valence-corrected chi connectivity index (χ3v) is 8.17. The predicted octanol–water partition coefficient (Wildman–Crippen LogP) is 4.77. The first-order chi connectivity index (χ1) is 20.2. The molecule has 0 bridgehead atoms. The van der Waals surface area contributed by atoms with Crippen LogP contribution in [0.25, 0.3) is 10.9 Å². The van der Waals surface area contributed by atoms with Crippen molar-refractivity contribution in [3.63, 3.8) is 0 Å². The fraction of sp³-hybridized carbons (Fsp3) is 0.242. The monoisotopic (exact) mass is 583 g/mol. The normalized spacial score (nSPS) is 15.6. The lowest BCUT2D eigenvalue weighted by molar-refractivity contribution is -0.124. The molecule has 1 fully saturated rings. The fourth-order valence-electron chi connectivity index (χ4n) is 5.74. The van der Waals surface area contributed by atoms with Crippen LogP contribution < -0.4 is 5.84 Å². The van der Waals surface area contributed by atoms with Gasteiger partial charge in [-0.15, -0.1) is 6.58 Å². The van der Waals surface area contributed by atoms with E-state index in [1.54, 1.807) is 12.1 Å². The Hall–Kier alpha value is -4.40. The van der Waals surface area contributed by atoms with Crippen molar-refractivity contribution in [1.82, 2.24) is 19.4 Å². The summed E-state index contributed by atoms with van der Waals surface area (Å²) in [5, 5.41) is 0.627. The van der Waals surface area contributed by atoms with Gasteiger partial charge in [-0.25, -0.2) is 0 Å². The highest BCUT2D eigenvalue weighted by molar-refractivity contribution is 6.45. The second-order valence-corrected chi connectivity index (χ2v) is 11.1. The van der Waals surface area contributed by atoms with E-state index in [9.17, 15) is 14.4 Å². The Morgan fingerprint density at radius 3 is 2.21 bits per heavy atom. The number of benzene rings is 3. The Labute approximate surface area is 250 Å². The Morgan fingerprint density at radius 2 is 1.64 bits per heavy atom. The van der Waals surface area contributed by atoms with E-state index in [0.29, 0.717) is 30.5 Å². The van der Waals surface area contributed by atoms with Gasteiger partial charge in [0.15, 0.2) is 0 Å². The molecule has 42 heavy (non-hydrogen) atoms. The molecule has 0 aliphatic carbocycles. The van der Waals surface area contributed by atoms with Crippen LogP contribution in [0.4, 0.5) is 0 Å². The lowest BCUT2D eigenvalue weighted by Crippen LogP contribution is -2.54. The molecular formula is C33H34ClN5O3. The maximum absolute atomic E-state index is 13.9. The van der Waals surface area contributed by atoms with E-state index in [4.69, 9.17) is 17.4 Å². The quantitative estimate of drug-likeness (QED) is 0.140. The predicted molar refractivity (Wildman–Crippen MR) is 166 cm³/mol. The van der Waals surface area contributed by atoms with Gasteiger partial charge in [0, 0.05) is 50.9 Å². The fourth-order valence-corrected chi connectivity index (χ4v) is 5.98. The number of carbonyl (C=O) groups is 3. The number of rotatable bonds is 8. The van der Waals surface area contributed by atoms with Crippen LogP contribution in [-0.2, 0) is 4.79 Å². The summed E-state index contributed by atoms with van der Waals surface area (Å²) in [6.45, 7) is 7.69. The number of nitrogens with two attached hydrogens (primary N) is 1. The van der Waals surface area contributed by atoms with Crippen LogP contribution in [0.15, 0.2) is 91.6 Å². The molecule has 2 heterocycles. The molecule has 8 nitrogen and oxygen atoms in total. The summed E-state index contributed by atoms with van der Waals surface area (Å²) in [7, 11) is 1.52. The Kier molecular flexibility index (Phi) is 8.47. The topological polar surface area (TPSA) is 91.9 Å². The minimum Gasteiger partial charge on any atom is -0.339 e. The van der Waals surface area contributed by atoms with Crippen molar-refractivity contribution < 1.29 is 14.4 Å². The summed E-state index contributed by atoms with van der Waals surface area (Å²) in [4.78, 5) is 45.3. The number of carbonyl (C=O) groups excluding carboxylic acids is 3. The molecule has 0 radical (unpaired) electrons. The number of ketones is 1. The van der Waals surface area contributed by atoms with Crippen LogP contribution in [-0.4, -0.2) is 76.2 Å². The third-order valence-electron chi connectivity index (χ3n) is 7.86. The number of Topliss-reactive ketones (excluding diaryl/α,β-unsaturated/α-hetero) is 1. The number of likely N-dealkylation sites (N-methyl/N-ethyl adjacent to an activating group) is 1. The smallest absolute Gasteiger partial charge is 0.295 e. The van der Waals surface area contributed by atoms with Gasteiger partial charge in [-0.2, -0.15) is 0 Å². The van der Waals surface area contributed by atoms with Crippen molar-refractivity contribution in [2.75, 3.05) is 39.1 Å². The standard InChI is InChI=1S/C33H34ClN5O3/c1-4-15-36(3)33(42)31(40)27-21-39(35)29-19-28(34)26(18-25(27)29)32(41)38-17-16-37(20-22(38)2)30(23-11-7-5-8-12-23)24-13-9-6-10-14-24/h4-14,18-19,21-22,30H,1,15-17,20,35H2,2-3H3/t22-/m1/s1. The SMILES string of the molecule is C=CCN(C)C(=O)C(=O)c1cn(N)c2cc(Cl)c(C(=O)N3CCN(C(c4ccccc4)c4ccccc4)C[C@H]3C)cc12. The van der Waals surface area contributed by atoms with Gasteiger partial charge < -0.3 is 15.6 Å². The number of piperazine rings is 1. The molecule has 5 rings (SSSR count). The van der Waals surface area contributed by atoms with Gasteiger partial charge in [-0.1, -0.05) is 78.3 Å². The number of aromatic nitrogens is 1. The van der Waals surface area contributed by atoms with Crippen LogP contribution in [0.5, 0.6) is 0 Å². The zero-order chi connectivity index (χ0) is 30.0. The van der Waals surface area contributed by atoms with Crippen molar-refractivity contribution in [2.45, 2.75) is 19.0 Å². The van der Waals surface area contributed by atoms with Crippen molar-refractivity contribution in [2.24, 2.45) is 0 Å². The molecule has 9 heteroatoms. The van der Waals surface area contributed by atoms with E-state index in [0.717, 1.165) is 0 Å². The summed E-state index contributed by atoms with van der Waals surface area (Å²) in [6.07, 6.45) is 2.93. The van der Waals surface area contributed by atoms with Crippen LogP contribution in [0.1, 0.15) is 44.8 Å². The molecule has 2 N–H and O–H groups in total. The first kappa shape index (κ1) is 29.1. The molecular weight excluding hydrogens is 550 g/mol. The first-order valence-electron chi connectivity index (χ1n) is 13.9. The van der Waals surface area contributed by atoms with Gasteiger partial charge in [-0.3, -0.25) is 24.0 Å². The summed E-state index contributed by atoms with van der Waals surface area (Å²) < 4.78 is 1.25. The molecule has 1 aliphatic rings. The van der Waals surface area contributed by atoms with Gasteiger partial charge in [0.25, 0.3) is 17.6 Å². The highest BCUT2D eigenvalue weighted by atomic mass is 35.5. The molecule has 1 atom stereocenters. The summed E-state index contributed by atoms with van der Waals surface area (Å²) in [6, 6.07) is 23.9. The van der Waals surface area contributed by atoms with E-state index in [-0.39, 0.29) is 40.7 Å². The number of fused-ring (bicyclic) bond motifs is 1. The van der Waals surface area contributed by atoms with Crippen molar-refractivity contribution >= 4 is 40.1 Å². The van der Waals surface area contributed by atoms with Crippen LogP contribution in [0, 0.1) is 0 Å². The number of hydrogen-bond donors (Lipinski definition) is 1. The van der Waals surface area contributed by atoms with Crippen molar-refractivity contribution in [3.05, 3.63) is 119 Å². The van der Waals surface area contributed by atoms with E-state index >= 15 is 0 Å². The molecule has 1 aromatic heterocycles. The van der Waals surface area contributed by atoms with Gasteiger partial charge in [0.1, 0.15) is 0 Å². The maximum Gasteiger partial charge on any atom is 0.295 e. The van der Waals surface area contributed by atoms with E-state index in [1.807, 2.05) is 48.2 Å². The summed E-state index contributed by atoms with van der Waals surface area (Å²) >= 11 is 6.62. The number of halogens is 1. The van der Waals surface area contributed by atoms with Crippen LogP contribution in [0.3, 0.4) is 0 Å². The van der Waals surface area contributed by atoms with Gasteiger partial charge in [-0.05, 0) is 30.2 Å². The van der Waals surface area contributed by atoms with Gasteiger partial charge in [0.2, 0.25) is 0 Å².